The predicted molar refractivity (Wildman–Crippen MR) is 133 cm³/mol. The van der Waals surface area contributed by atoms with Gasteiger partial charge in [-0.05, 0) is 24.6 Å². The Kier molecular flexibility index (Phi) is 10.5. The molecule has 12 nitrogen and oxygen atoms in total. The molecule has 1 aromatic heterocycles. The van der Waals surface area contributed by atoms with E-state index in [9.17, 15) is 33.1 Å². The molecule has 2 heterocycles. The molecule has 3 N–H and O–H groups in total. The van der Waals surface area contributed by atoms with Gasteiger partial charge in [-0.3, -0.25) is 19.5 Å². The van der Waals surface area contributed by atoms with E-state index in [1.165, 1.54) is 0 Å². The minimum absolute atomic E-state index is 0.170. The maximum Gasteiger partial charge on any atom is 0.412 e. The summed E-state index contributed by atoms with van der Waals surface area (Å²) in [6, 6.07) is 9.65. The minimum atomic E-state index is -3.94. The number of esters is 1. The number of aromatic nitrogens is 2. The van der Waals surface area contributed by atoms with Crippen LogP contribution in [0, 0.1) is 0 Å². The number of unbranched alkanes of at least 4 members (excludes halogenated alkanes) is 2. The lowest BCUT2D eigenvalue weighted by Crippen LogP contribution is -2.42. The summed E-state index contributed by atoms with van der Waals surface area (Å²) in [6.45, 7) is 1.42. The van der Waals surface area contributed by atoms with Crippen LogP contribution < -0.4 is 16.3 Å². The minimum Gasteiger partial charge on any atom is -0.463 e. The number of carbonyl (C=O) groups is 3. The monoisotopic (exact) mass is 552 g/mol. The molecule has 1 fully saturated rings. The molecule has 0 saturated carbocycles. The third-order valence-corrected chi connectivity index (χ3v) is 5.70. The fourth-order valence-electron chi connectivity index (χ4n) is 3.63. The van der Waals surface area contributed by atoms with Gasteiger partial charge in [0.15, 0.2) is 6.10 Å². The molecule has 1 aliphatic heterocycles. The van der Waals surface area contributed by atoms with Crippen LogP contribution >= 0.6 is 0 Å². The summed E-state index contributed by atoms with van der Waals surface area (Å²) in [6.07, 6.45) is -4.32. The lowest BCUT2D eigenvalue weighted by Gasteiger charge is -2.21. The number of halogens is 2. The number of para-hydroxylation sites is 1. The molecule has 0 bridgehead atoms. The molecule has 0 radical (unpaired) electrons. The van der Waals surface area contributed by atoms with Gasteiger partial charge in [0.1, 0.15) is 18.5 Å². The fourth-order valence-corrected chi connectivity index (χ4v) is 3.63. The van der Waals surface area contributed by atoms with Gasteiger partial charge in [0.05, 0.1) is 13.0 Å². The van der Waals surface area contributed by atoms with Crippen LogP contribution in [0.3, 0.4) is 0 Å². The van der Waals surface area contributed by atoms with Crippen molar-refractivity contribution >= 4 is 29.5 Å². The molecule has 3 rings (SSSR count). The van der Waals surface area contributed by atoms with E-state index in [0.717, 1.165) is 25.1 Å². The quantitative estimate of drug-likeness (QED) is 0.266. The van der Waals surface area contributed by atoms with E-state index < -0.39 is 54.6 Å². The summed E-state index contributed by atoms with van der Waals surface area (Å²) >= 11 is 0. The predicted octanol–water partition coefficient (Wildman–Crippen LogP) is 2.84. The fraction of sp³-hybridized carbons (Fsp3) is 0.480. The number of alkyl halides is 2. The number of anilines is 2. The van der Waals surface area contributed by atoms with Crippen molar-refractivity contribution in [3.8, 4) is 0 Å². The Balaban J connectivity index is 1.51. The van der Waals surface area contributed by atoms with Gasteiger partial charge in [0, 0.05) is 18.3 Å². The zero-order valence-electron chi connectivity index (χ0n) is 21.2. The lowest BCUT2D eigenvalue weighted by molar-refractivity contribution is -0.151. The molecule has 14 heteroatoms. The van der Waals surface area contributed by atoms with E-state index in [2.05, 4.69) is 15.6 Å². The maximum absolute atomic E-state index is 14.8. The second-order valence-electron chi connectivity index (χ2n) is 8.71. The van der Waals surface area contributed by atoms with Crippen LogP contribution in [0.5, 0.6) is 0 Å². The van der Waals surface area contributed by atoms with Crippen LogP contribution in [-0.4, -0.2) is 64.0 Å². The topological polar surface area (TPSA) is 158 Å². The number of amides is 2. The number of hydrogen-bond acceptors (Lipinski definition) is 9. The van der Waals surface area contributed by atoms with Crippen molar-refractivity contribution in [1.29, 1.82) is 0 Å². The summed E-state index contributed by atoms with van der Waals surface area (Å²) in [7, 11) is 0. The standard InChI is InChI=1S/C25H30F2N4O8/c1-2-3-7-14-37-24(36)30-18-12-13-31(23(35)29-18)22-25(26,27)21(34)17(39-22)15-38-20(33)11-10-19(32)28-16-8-5-4-6-9-16/h4-6,8-9,12-13,17,21-22,34H,2-3,7,10-11,14-15H2,1H3,(H,28,32)(H,29,30,35,36)/t17-,21-,22-/m1/s1. The Morgan fingerprint density at radius 1 is 1.10 bits per heavy atom. The van der Waals surface area contributed by atoms with Gasteiger partial charge in [0.25, 0.3) is 0 Å². The molecular weight excluding hydrogens is 522 g/mol. The zero-order chi connectivity index (χ0) is 28.4. The number of hydrogen-bond donors (Lipinski definition) is 3. The van der Waals surface area contributed by atoms with Gasteiger partial charge < -0.3 is 24.6 Å². The van der Waals surface area contributed by atoms with Crippen LogP contribution in [0.1, 0.15) is 45.3 Å². The van der Waals surface area contributed by atoms with Gasteiger partial charge >= 0.3 is 23.7 Å². The smallest absolute Gasteiger partial charge is 0.412 e. The third-order valence-electron chi connectivity index (χ3n) is 5.70. The van der Waals surface area contributed by atoms with Crippen LogP contribution in [0.15, 0.2) is 47.4 Å². The molecule has 0 unspecified atom stereocenters. The first kappa shape index (κ1) is 29.6. The zero-order valence-corrected chi connectivity index (χ0v) is 21.2. The van der Waals surface area contributed by atoms with Crippen LogP contribution in [0.4, 0.5) is 25.1 Å². The summed E-state index contributed by atoms with van der Waals surface area (Å²) in [4.78, 5) is 51.7. The molecule has 39 heavy (non-hydrogen) atoms. The average molecular weight is 553 g/mol. The number of rotatable bonds is 12. The van der Waals surface area contributed by atoms with Crippen molar-refractivity contribution in [1.82, 2.24) is 9.55 Å². The summed E-state index contributed by atoms with van der Waals surface area (Å²) in [5.74, 6) is -5.47. The molecule has 1 aromatic carbocycles. The molecule has 2 amide bonds. The van der Waals surface area contributed by atoms with Gasteiger partial charge in [-0.1, -0.05) is 38.0 Å². The van der Waals surface area contributed by atoms with E-state index in [0.29, 0.717) is 16.7 Å². The highest BCUT2D eigenvalue weighted by Crippen LogP contribution is 2.42. The van der Waals surface area contributed by atoms with Crippen molar-refractivity contribution in [2.24, 2.45) is 0 Å². The Morgan fingerprint density at radius 2 is 1.85 bits per heavy atom. The van der Waals surface area contributed by atoms with Crippen molar-refractivity contribution in [3.63, 3.8) is 0 Å². The number of nitrogens with zero attached hydrogens (tertiary/aromatic N) is 2. The van der Waals surface area contributed by atoms with E-state index in [1.54, 1.807) is 30.3 Å². The first-order valence-corrected chi connectivity index (χ1v) is 12.4. The average Bonchev–Trinajstić information content (AvgIpc) is 3.13. The highest BCUT2D eigenvalue weighted by atomic mass is 19.3. The normalized spacial score (nSPS) is 19.7. The number of aliphatic hydroxyl groups is 1. The molecule has 1 saturated heterocycles. The van der Waals surface area contributed by atoms with Crippen LogP contribution in [0.25, 0.3) is 0 Å². The SMILES string of the molecule is CCCCCOC(=O)Nc1ccn([C@@H]2O[C@H](COC(=O)CCC(=O)Nc3ccccc3)[C@@H](O)C2(F)F)c(=O)n1. The van der Waals surface area contributed by atoms with E-state index in [4.69, 9.17) is 14.2 Å². The highest BCUT2D eigenvalue weighted by Gasteiger charge is 2.60. The molecular formula is C25H30F2N4O8. The van der Waals surface area contributed by atoms with Crippen molar-refractivity contribution < 1.29 is 42.5 Å². The van der Waals surface area contributed by atoms with Crippen molar-refractivity contribution in [2.75, 3.05) is 23.8 Å². The summed E-state index contributed by atoms with van der Waals surface area (Å²) in [5.41, 5.74) is -0.639. The number of ether oxygens (including phenoxy) is 3. The molecule has 2 aromatic rings. The Morgan fingerprint density at radius 3 is 2.54 bits per heavy atom. The number of carbonyl (C=O) groups excluding carboxylic acids is 3. The van der Waals surface area contributed by atoms with Gasteiger partial charge in [-0.2, -0.15) is 13.8 Å². The number of benzene rings is 1. The Hall–Kier alpha value is -3.91. The largest absolute Gasteiger partial charge is 0.463 e. The lowest BCUT2D eigenvalue weighted by atomic mass is 10.1. The third kappa shape index (κ3) is 8.29. The van der Waals surface area contributed by atoms with Gasteiger partial charge in [-0.15, -0.1) is 0 Å². The van der Waals surface area contributed by atoms with Crippen LogP contribution in [-0.2, 0) is 23.8 Å². The van der Waals surface area contributed by atoms with Crippen molar-refractivity contribution in [3.05, 3.63) is 53.1 Å². The summed E-state index contributed by atoms with van der Waals surface area (Å²) in [5, 5.41) is 14.9. The highest BCUT2D eigenvalue weighted by molar-refractivity contribution is 5.92. The Bertz CT molecular complexity index is 1190. The summed E-state index contributed by atoms with van der Waals surface area (Å²) < 4.78 is 45.0. The van der Waals surface area contributed by atoms with E-state index in [1.807, 2.05) is 6.92 Å². The second-order valence-corrected chi connectivity index (χ2v) is 8.71. The van der Waals surface area contributed by atoms with E-state index >= 15 is 0 Å². The van der Waals surface area contributed by atoms with Crippen LogP contribution in [0.2, 0.25) is 0 Å². The maximum atomic E-state index is 14.8. The molecule has 3 atom stereocenters. The molecule has 0 aliphatic carbocycles. The van der Waals surface area contributed by atoms with Gasteiger partial charge in [-0.25, -0.2) is 9.59 Å². The molecule has 0 spiro atoms. The van der Waals surface area contributed by atoms with Crippen molar-refractivity contribution in [2.45, 2.75) is 63.4 Å². The molecule has 212 valence electrons. The Labute approximate surface area is 222 Å². The number of nitrogens with one attached hydrogen (secondary N) is 2. The van der Waals surface area contributed by atoms with Gasteiger partial charge in [0.2, 0.25) is 12.1 Å². The first-order chi connectivity index (χ1) is 18.6. The first-order valence-electron chi connectivity index (χ1n) is 12.4. The number of aliphatic hydroxyl groups excluding tert-OH is 1. The molecule has 1 aliphatic rings. The van der Waals surface area contributed by atoms with E-state index in [-0.39, 0.29) is 25.3 Å². The second kappa shape index (κ2) is 13.8.